The van der Waals surface area contributed by atoms with Gasteiger partial charge in [0.15, 0.2) is 6.61 Å². The van der Waals surface area contributed by atoms with Crippen LogP contribution in [0.25, 0.3) is 10.9 Å². The van der Waals surface area contributed by atoms with Gasteiger partial charge in [0.1, 0.15) is 0 Å². The maximum absolute atomic E-state index is 12.5. The second-order valence-corrected chi connectivity index (χ2v) is 7.42. The molecule has 0 fully saturated rings. The van der Waals surface area contributed by atoms with Crippen molar-refractivity contribution in [3.63, 3.8) is 0 Å². The Balaban J connectivity index is 1.35. The van der Waals surface area contributed by atoms with Crippen LogP contribution in [-0.4, -0.2) is 23.5 Å². The molecule has 1 heterocycles. The molecule has 4 aromatic rings. The number of benzene rings is 3. The van der Waals surface area contributed by atoms with Crippen molar-refractivity contribution < 1.29 is 14.3 Å². The summed E-state index contributed by atoms with van der Waals surface area (Å²) in [7, 11) is 0. The molecule has 156 valence electrons. The smallest absolute Gasteiger partial charge is 0.310 e. The Hall–Kier alpha value is -3.86. The highest BCUT2D eigenvalue weighted by Gasteiger charge is 2.17. The number of carbonyl (C=O) groups excluding carboxylic acids is 2. The van der Waals surface area contributed by atoms with Gasteiger partial charge in [-0.2, -0.15) is 0 Å². The molecule has 0 radical (unpaired) electrons. The third-order valence-electron chi connectivity index (χ3n) is 5.19. The van der Waals surface area contributed by atoms with Gasteiger partial charge in [0.2, 0.25) is 0 Å². The fraction of sp³-hybridized carbons (Fsp3) is 0.154. The molecule has 0 saturated carbocycles. The van der Waals surface area contributed by atoms with Gasteiger partial charge >= 0.3 is 5.97 Å². The summed E-state index contributed by atoms with van der Waals surface area (Å²) in [6.07, 6.45) is 2.57. The lowest BCUT2D eigenvalue weighted by atomic mass is 9.99. The lowest BCUT2D eigenvalue weighted by Crippen LogP contribution is -2.33. The number of amides is 1. The monoisotopic (exact) mass is 412 g/mol. The normalized spacial score (nSPS) is 11.7. The predicted octanol–water partition coefficient (Wildman–Crippen LogP) is 4.35. The Morgan fingerprint density at radius 3 is 2.32 bits per heavy atom. The van der Waals surface area contributed by atoms with E-state index in [-0.39, 0.29) is 25.0 Å². The minimum absolute atomic E-state index is 0.115. The second-order valence-electron chi connectivity index (χ2n) is 7.42. The maximum atomic E-state index is 12.5. The first-order valence-electron chi connectivity index (χ1n) is 10.3. The third kappa shape index (κ3) is 5.39. The van der Waals surface area contributed by atoms with E-state index in [0.29, 0.717) is 6.42 Å². The number of esters is 1. The first-order chi connectivity index (χ1) is 15.2. The van der Waals surface area contributed by atoms with Crippen LogP contribution in [0.4, 0.5) is 0 Å². The summed E-state index contributed by atoms with van der Waals surface area (Å²) >= 11 is 0. The highest BCUT2D eigenvalue weighted by Crippen LogP contribution is 2.19. The molecule has 0 saturated heterocycles. The van der Waals surface area contributed by atoms with Crippen LogP contribution in [-0.2, 0) is 27.2 Å². The number of hydrogen-bond donors (Lipinski definition) is 2. The van der Waals surface area contributed by atoms with Crippen LogP contribution in [0.15, 0.2) is 91.1 Å². The van der Waals surface area contributed by atoms with Crippen LogP contribution >= 0.6 is 0 Å². The van der Waals surface area contributed by atoms with E-state index in [4.69, 9.17) is 4.74 Å². The third-order valence-corrected chi connectivity index (χ3v) is 5.19. The molecule has 31 heavy (non-hydrogen) atoms. The van der Waals surface area contributed by atoms with Crippen molar-refractivity contribution in [2.45, 2.75) is 18.9 Å². The predicted molar refractivity (Wildman–Crippen MR) is 120 cm³/mol. The molecule has 0 aliphatic rings. The number of ether oxygens (including phenoxy) is 1. The number of H-pyrrole nitrogens is 1. The van der Waals surface area contributed by atoms with Gasteiger partial charge in [-0.3, -0.25) is 9.59 Å². The zero-order chi connectivity index (χ0) is 21.5. The molecule has 0 aliphatic carbocycles. The lowest BCUT2D eigenvalue weighted by Gasteiger charge is -2.19. The first-order valence-corrected chi connectivity index (χ1v) is 10.3. The van der Waals surface area contributed by atoms with Crippen molar-refractivity contribution in [2.75, 3.05) is 6.61 Å². The highest BCUT2D eigenvalue weighted by molar-refractivity contribution is 5.88. The molecule has 3 aromatic carbocycles. The topological polar surface area (TPSA) is 71.2 Å². The van der Waals surface area contributed by atoms with E-state index in [1.807, 2.05) is 84.9 Å². The van der Waals surface area contributed by atoms with Crippen molar-refractivity contribution in [1.29, 1.82) is 0 Å². The molecular formula is C26H24N2O3. The highest BCUT2D eigenvalue weighted by atomic mass is 16.5. The van der Waals surface area contributed by atoms with Gasteiger partial charge in [-0.15, -0.1) is 0 Å². The molecule has 0 spiro atoms. The molecule has 5 nitrogen and oxygen atoms in total. The molecule has 1 atom stereocenters. The van der Waals surface area contributed by atoms with E-state index in [2.05, 4.69) is 10.3 Å². The minimum atomic E-state index is -0.431. The number of hydrogen-bond acceptors (Lipinski definition) is 3. The van der Waals surface area contributed by atoms with Crippen LogP contribution in [0.3, 0.4) is 0 Å². The number of nitrogens with one attached hydrogen (secondary N) is 2. The molecule has 5 heteroatoms. The van der Waals surface area contributed by atoms with Gasteiger partial charge in [0.05, 0.1) is 12.5 Å². The summed E-state index contributed by atoms with van der Waals surface area (Å²) in [4.78, 5) is 28.0. The Morgan fingerprint density at radius 2 is 1.55 bits per heavy atom. The number of carbonyl (C=O) groups is 2. The number of fused-ring (bicyclic) bond motifs is 1. The average Bonchev–Trinajstić information content (AvgIpc) is 3.21. The standard InChI is InChI=1S/C26H24N2O3/c29-25(18-31-26(30)16-21-17-27-23-14-8-7-13-22(21)23)28-24(20-11-5-2-6-12-20)15-19-9-3-1-4-10-19/h1-14,17,24,27H,15-16,18H2,(H,28,29)/t24-/m1/s1. The molecule has 0 unspecified atom stereocenters. The van der Waals surface area contributed by atoms with Gasteiger partial charge < -0.3 is 15.0 Å². The molecular weight excluding hydrogens is 388 g/mol. The lowest BCUT2D eigenvalue weighted by molar-refractivity contribution is -0.148. The maximum Gasteiger partial charge on any atom is 0.310 e. The number of aromatic amines is 1. The van der Waals surface area contributed by atoms with Crippen LogP contribution in [0, 0.1) is 0 Å². The zero-order valence-corrected chi connectivity index (χ0v) is 17.1. The van der Waals surface area contributed by atoms with Gasteiger partial charge in [0, 0.05) is 17.1 Å². The van der Waals surface area contributed by atoms with E-state index >= 15 is 0 Å². The first kappa shape index (κ1) is 20.4. The minimum Gasteiger partial charge on any atom is -0.455 e. The van der Waals surface area contributed by atoms with Gasteiger partial charge in [-0.05, 0) is 29.2 Å². The van der Waals surface area contributed by atoms with E-state index in [0.717, 1.165) is 27.6 Å². The van der Waals surface area contributed by atoms with Crippen LogP contribution < -0.4 is 5.32 Å². The van der Waals surface area contributed by atoms with E-state index < -0.39 is 5.97 Å². The van der Waals surface area contributed by atoms with Crippen LogP contribution in [0.5, 0.6) is 0 Å². The summed E-state index contributed by atoms with van der Waals surface area (Å²) in [6, 6.07) is 27.3. The Morgan fingerprint density at radius 1 is 0.871 bits per heavy atom. The second kappa shape index (κ2) is 9.76. The number of para-hydroxylation sites is 1. The molecule has 1 aromatic heterocycles. The largest absolute Gasteiger partial charge is 0.455 e. The Kier molecular flexibility index (Phi) is 6.43. The summed E-state index contributed by atoms with van der Waals surface area (Å²) in [5.41, 5.74) is 3.94. The molecule has 2 N–H and O–H groups in total. The fourth-order valence-corrected chi connectivity index (χ4v) is 3.65. The SMILES string of the molecule is O=C(COC(=O)Cc1c[nH]c2ccccc12)N[C@H](Cc1ccccc1)c1ccccc1. The zero-order valence-electron chi connectivity index (χ0n) is 17.1. The molecule has 0 aliphatic heterocycles. The quantitative estimate of drug-likeness (QED) is 0.423. The summed E-state index contributed by atoms with van der Waals surface area (Å²) in [6.45, 7) is -0.306. The van der Waals surface area contributed by atoms with Gasteiger partial charge in [0.25, 0.3) is 5.91 Å². The van der Waals surface area contributed by atoms with Crippen molar-refractivity contribution in [3.05, 3.63) is 108 Å². The van der Waals surface area contributed by atoms with Gasteiger partial charge in [-0.1, -0.05) is 78.9 Å². The summed E-state index contributed by atoms with van der Waals surface area (Å²) in [5, 5.41) is 3.99. The van der Waals surface area contributed by atoms with Crippen molar-refractivity contribution >= 4 is 22.8 Å². The summed E-state index contributed by atoms with van der Waals surface area (Å²) in [5.74, 6) is -0.753. The fourth-order valence-electron chi connectivity index (χ4n) is 3.65. The molecule has 4 rings (SSSR count). The van der Waals surface area contributed by atoms with E-state index in [9.17, 15) is 9.59 Å². The van der Waals surface area contributed by atoms with E-state index in [1.165, 1.54) is 0 Å². The van der Waals surface area contributed by atoms with Crippen molar-refractivity contribution in [1.82, 2.24) is 10.3 Å². The van der Waals surface area contributed by atoms with Crippen molar-refractivity contribution in [2.24, 2.45) is 0 Å². The number of aromatic nitrogens is 1. The van der Waals surface area contributed by atoms with Gasteiger partial charge in [-0.25, -0.2) is 0 Å². The Labute approximate surface area is 181 Å². The van der Waals surface area contributed by atoms with E-state index in [1.54, 1.807) is 6.20 Å². The average molecular weight is 412 g/mol. The summed E-state index contributed by atoms with van der Waals surface area (Å²) < 4.78 is 5.25. The molecule has 0 bridgehead atoms. The Bertz CT molecular complexity index is 1150. The van der Waals surface area contributed by atoms with Crippen molar-refractivity contribution in [3.8, 4) is 0 Å². The number of rotatable bonds is 8. The molecule has 1 amide bonds. The van der Waals surface area contributed by atoms with Crippen LogP contribution in [0.2, 0.25) is 0 Å². The van der Waals surface area contributed by atoms with Crippen LogP contribution in [0.1, 0.15) is 22.7 Å².